The van der Waals surface area contributed by atoms with E-state index in [1.165, 1.54) is 0 Å². The molecule has 5 heteroatoms. The zero-order valence-electron chi connectivity index (χ0n) is 11.4. The van der Waals surface area contributed by atoms with Gasteiger partial charge in [-0.15, -0.1) is 17.8 Å². The Labute approximate surface area is 147 Å². The molecule has 1 radical (unpaired) electrons. The van der Waals surface area contributed by atoms with E-state index in [1.807, 2.05) is 72.6 Å². The van der Waals surface area contributed by atoms with E-state index >= 15 is 0 Å². The van der Waals surface area contributed by atoms with Crippen molar-refractivity contribution >= 4 is 32.9 Å². The molecule has 0 aromatic heterocycles. The van der Waals surface area contributed by atoms with Crippen molar-refractivity contribution in [2.45, 2.75) is 6.92 Å². The molecule has 1 amide bonds. The van der Waals surface area contributed by atoms with E-state index in [2.05, 4.69) is 9.39 Å². The Morgan fingerprint density at radius 3 is 1.95 bits per heavy atom. The summed E-state index contributed by atoms with van der Waals surface area (Å²) in [5.41, 5.74) is 2.99. The quantitative estimate of drug-likeness (QED) is 0.463. The first kappa shape index (κ1) is 17.3. The van der Waals surface area contributed by atoms with Gasteiger partial charge in [-0.2, -0.15) is 0 Å². The summed E-state index contributed by atoms with van der Waals surface area (Å²) in [7, 11) is 2.69. The molecule has 3 nitrogen and oxygen atoms in total. The topological polar surface area (TPSA) is 23.6 Å². The molecule has 0 heterocycles. The van der Waals surface area contributed by atoms with Crippen LogP contribution in [0.4, 0.5) is 17.1 Å². The summed E-state index contributed by atoms with van der Waals surface area (Å²) >= 11 is 0. The van der Waals surface area contributed by atoms with Gasteiger partial charge in [-0.05, 0) is 35.0 Å². The summed E-state index contributed by atoms with van der Waals surface area (Å²) in [4.78, 5) is 12.3. The molecule has 0 spiro atoms. The number of carbonyl (C=O) groups excluding carboxylic acids is 1. The van der Waals surface area contributed by atoms with Gasteiger partial charge < -0.3 is 14.4 Å². The van der Waals surface area contributed by atoms with Crippen LogP contribution in [0.2, 0.25) is 0 Å². The number of benzene rings is 2. The van der Waals surface area contributed by atoms with Crippen LogP contribution in [0.3, 0.4) is 0 Å². The van der Waals surface area contributed by atoms with Crippen molar-refractivity contribution in [3.05, 3.63) is 54.6 Å². The largest absolute Gasteiger partial charge is 0.477 e. The Bertz CT molecular complexity index is 533. The molecule has 0 saturated carbocycles. The normalized spacial score (nSPS) is 9.50. The Hall–Kier alpha value is -0.756. The maximum absolute atomic E-state index is 10.8. The van der Waals surface area contributed by atoms with Crippen LogP contribution >= 0.6 is 9.39 Å². The minimum atomic E-state index is 0. The molecule has 0 bridgehead atoms. The third-order valence-corrected chi connectivity index (χ3v) is 3.50. The van der Waals surface area contributed by atoms with Gasteiger partial charge in [-0.25, -0.2) is 0 Å². The van der Waals surface area contributed by atoms with Crippen molar-refractivity contribution in [2.75, 3.05) is 16.1 Å². The summed E-state index contributed by atoms with van der Waals surface area (Å²) in [5, 5.41) is 0. The zero-order valence-corrected chi connectivity index (χ0v) is 15.4. The Balaban J connectivity index is 0.00000200. The van der Waals surface area contributed by atoms with Crippen LogP contribution in [0.1, 0.15) is 6.92 Å². The van der Waals surface area contributed by atoms with E-state index in [9.17, 15) is 4.79 Å². The molecule has 2 aromatic rings. The van der Waals surface area contributed by atoms with Crippen molar-refractivity contribution in [1.82, 2.24) is 0 Å². The van der Waals surface area contributed by atoms with Gasteiger partial charge in [0.2, 0.25) is 0 Å². The second kappa shape index (κ2) is 8.51. The van der Waals surface area contributed by atoms with Crippen LogP contribution in [0.15, 0.2) is 54.6 Å². The molecule has 1 unspecified atom stereocenters. The fourth-order valence-electron chi connectivity index (χ4n) is 1.83. The number of hydrogen-bond donors (Lipinski definition) is 0. The number of para-hydroxylation sites is 1. The molecule has 0 aliphatic carbocycles. The zero-order chi connectivity index (χ0) is 13.7. The first-order valence-corrected chi connectivity index (χ1v) is 6.63. The number of nitrogens with zero attached hydrogens (tertiary/aromatic N) is 2. The third kappa shape index (κ3) is 4.12. The van der Waals surface area contributed by atoms with Gasteiger partial charge in [0, 0.05) is 44.1 Å². The maximum Gasteiger partial charge on any atom is 0.0719 e. The van der Waals surface area contributed by atoms with Gasteiger partial charge in [-0.1, -0.05) is 30.3 Å². The van der Waals surface area contributed by atoms with Gasteiger partial charge in [0.05, 0.1) is 6.41 Å². The van der Waals surface area contributed by atoms with E-state index in [0.717, 1.165) is 17.1 Å². The molecular formula is C15H16N2OPY-. The predicted molar refractivity (Wildman–Crippen MR) is 83.4 cm³/mol. The van der Waals surface area contributed by atoms with E-state index in [0.29, 0.717) is 6.54 Å². The smallest absolute Gasteiger partial charge is 0.0719 e. The number of amides is 1. The van der Waals surface area contributed by atoms with Crippen LogP contribution in [0.5, 0.6) is 0 Å². The average Bonchev–Trinajstić information content (AvgIpc) is 2.49. The van der Waals surface area contributed by atoms with Crippen molar-refractivity contribution in [2.24, 2.45) is 0 Å². The van der Waals surface area contributed by atoms with Crippen LogP contribution in [-0.2, 0) is 37.5 Å². The van der Waals surface area contributed by atoms with Gasteiger partial charge in [-0.3, -0.25) is 0 Å². The van der Waals surface area contributed by atoms with E-state index in [-0.39, 0.29) is 32.7 Å². The van der Waals surface area contributed by atoms with Gasteiger partial charge >= 0.3 is 0 Å². The molecule has 1 atom stereocenters. The van der Waals surface area contributed by atoms with Crippen LogP contribution in [0, 0.1) is 0 Å². The minimum absolute atomic E-state index is 0. The van der Waals surface area contributed by atoms with Crippen molar-refractivity contribution in [1.29, 1.82) is 0 Å². The van der Waals surface area contributed by atoms with Crippen molar-refractivity contribution in [3.63, 3.8) is 0 Å². The average molecular weight is 360 g/mol. The molecule has 20 heavy (non-hydrogen) atoms. The predicted octanol–water partition coefficient (Wildman–Crippen LogP) is 3.51. The van der Waals surface area contributed by atoms with Crippen molar-refractivity contribution in [3.8, 4) is 0 Å². The number of hydrogen-bond acceptors (Lipinski definition) is 2. The summed E-state index contributed by atoms with van der Waals surface area (Å²) in [6, 6.07) is 17.9. The second-order valence-electron chi connectivity index (χ2n) is 4.06. The van der Waals surface area contributed by atoms with Crippen LogP contribution in [-0.4, -0.2) is 13.0 Å². The Kier molecular flexibility index (Phi) is 7.36. The van der Waals surface area contributed by atoms with E-state index in [1.54, 1.807) is 4.90 Å². The Morgan fingerprint density at radius 2 is 1.45 bits per heavy atom. The first-order chi connectivity index (χ1) is 9.26. The minimum Gasteiger partial charge on any atom is -0.477 e. The fraction of sp³-hybridized carbons (Fsp3) is 0.133. The van der Waals surface area contributed by atoms with Gasteiger partial charge in [0.1, 0.15) is 0 Å². The summed E-state index contributed by atoms with van der Waals surface area (Å²) in [5.74, 6) is 0. The summed E-state index contributed by atoms with van der Waals surface area (Å²) in [6.45, 7) is 2.54. The molecule has 2 rings (SSSR count). The summed E-state index contributed by atoms with van der Waals surface area (Å²) in [6.07, 6.45) is 1.91. The molecule has 0 N–H and O–H groups in total. The monoisotopic (exact) mass is 360 g/mol. The maximum atomic E-state index is 10.8. The second-order valence-corrected chi connectivity index (χ2v) is 4.57. The molecule has 101 valence electrons. The molecule has 2 aromatic carbocycles. The van der Waals surface area contributed by atoms with Gasteiger partial charge in [0.25, 0.3) is 0 Å². The molecular weight excluding hydrogens is 344 g/mol. The Morgan fingerprint density at radius 1 is 0.950 bits per heavy atom. The fourth-order valence-corrected chi connectivity index (χ4v) is 2.17. The SMILES string of the molecule is CCN([C-]=O)c1ccc(N(P)c2ccccc2)cc1.[Y]. The number of rotatable bonds is 5. The molecule has 0 fully saturated rings. The van der Waals surface area contributed by atoms with Crippen LogP contribution in [0.25, 0.3) is 0 Å². The van der Waals surface area contributed by atoms with E-state index < -0.39 is 0 Å². The summed E-state index contributed by atoms with van der Waals surface area (Å²) < 4.78 is 2.02. The van der Waals surface area contributed by atoms with Gasteiger partial charge in [0.15, 0.2) is 0 Å². The van der Waals surface area contributed by atoms with Crippen LogP contribution < -0.4 is 9.57 Å². The van der Waals surface area contributed by atoms with E-state index in [4.69, 9.17) is 0 Å². The van der Waals surface area contributed by atoms with Crippen molar-refractivity contribution < 1.29 is 37.5 Å². The molecule has 0 aliphatic rings. The standard InChI is InChI=1S/C15H16N2OP.Y/c1-2-16(12-18)13-8-10-15(11-9-13)17(19)14-6-4-3-5-7-14;/h3-11H,2,19H2,1H3;/q-1;. The number of anilines is 3. The first-order valence-electron chi connectivity index (χ1n) is 6.11. The molecule has 0 saturated heterocycles. The third-order valence-electron chi connectivity index (χ3n) is 2.90. The molecule has 0 aliphatic heterocycles.